The lowest BCUT2D eigenvalue weighted by Crippen LogP contribution is -2.33. The molecule has 0 atom stereocenters. The number of nitrogens with one attached hydrogen (secondary N) is 1. The van der Waals surface area contributed by atoms with Crippen LogP contribution in [-0.2, 0) is 10.0 Å². The summed E-state index contributed by atoms with van der Waals surface area (Å²) in [7, 11) is -3.49. The molecule has 3 aromatic rings. The van der Waals surface area contributed by atoms with E-state index in [1.165, 1.54) is 18.2 Å². The first kappa shape index (κ1) is 21.0. The lowest BCUT2D eigenvalue weighted by molar-refractivity contribution is -0.619. The molecule has 31 heavy (non-hydrogen) atoms. The van der Waals surface area contributed by atoms with E-state index < -0.39 is 26.9 Å². The normalized spacial score (nSPS) is 13.8. The molecule has 0 spiro atoms. The molecule has 0 amide bonds. The van der Waals surface area contributed by atoms with Gasteiger partial charge in [-0.05, 0) is 48.7 Å². The standard InChI is InChI=1S/C22H20F2N2O4S/c1-13-9-15(10-14(2)26(13)27)19-12-17(25-31(28,29)18-5-6-18)4-8-21(19)30-22-7-3-16(23)11-20(22)24/h3-4,7-12,18,25H,5-6H2,1-2H3. The van der Waals surface area contributed by atoms with Crippen molar-refractivity contribution in [2.75, 3.05) is 4.72 Å². The second-order valence-corrected chi connectivity index (χ2v) is 9.52. The summed E-state index contributed by atoms with van der Waals surface area (Å²) >= 11 is 0. The highest BCUT2D eigenvalue weighted by molar-refractivity contribution is 7.93. The fourth-order valence-corrected chi connectivity index (χ4v) is 4.63. The molecule has 0 aliphatic heterocycles. The van der Waals surface area contributed by atoms with E-state index in [2.05, 4.69) is 4.72 Å². The maximum Gasteiger partial charge on any atom is 0.235 e. The van der Waals surface area contributed by atoms with Gasteiger partial charge in [-0.2, -0.15) is 4.73 Å². The average molecular weight is 446 g/mol. The van der Waals surface area contributed by atoms with E-state index in [9.17, 15) is 22.4 Å². The Balaban J connectivity index is 1.80. The minimum Gasteiger partial charge on any atom is -0.618 e. The van der Waals surface area contributed by atoms with E-state index >= 15 is 0 Å². The average Bonchev–Trinajstić information content (AvgIpc) is 3.54. The zero-order valence-electron chi connectivity index (χ0n) is 16.9. The molecule has 6 nitrogen and oxygen atoms in total. The fourth-order valence-electron chi connectivity index (χ4n) is 3.25. The van der Waals surface area contributed by atoms with Crippen molar-refractivity contribution in [3.05, 3.63) is 76.8 Å². The highest BCUT2D eigenvalue weighted by atomic mass is 32.2. The molecule has 1 aliphatic rings. The molecule has 0 unspecified atom stereocenters. The first-order valence-electron chi connectivity index (χ1n) is 9.64. The van der Waals surface area contributed by atoms with Crippen molar-refractivity contribution in [3.63, 3.8) is 0 Å². The summed E-state index contributed by atoms with van der Waals surface area (Å²) in [5.74, 6) is -1.56. The second-order valence-electron chi connectivity index (χ2n) is 7.56. The maximum absolute atomic E-state index is 14.1. The number of pyridine rings is 1. The first-order chi connectivity index (χ1) is 14.6. The van der Waals surface area contributed by atoms with Crippen molar-refractivity contribution in [2.45, 2.75) is 31.9 Å². The van der Waals surface area contributed by atoms with E-state index in [1.54, 1.807) is 32.0 Å². The van der Waals surface area contributed by atoms with Crippen molar-refractivity contribution in [3.8, 4) is 22.6 Å². The number of ether oxygens (including phenoxy) is 1. The van der Waals surface area contributed by atoms with Gasteiger partial charge in [0.05, 0.1) is 5.25 Å². The SMILES string of the molecule is Cc1cc(-c2cc(NS(=O)(=O)C3CC3)ccc2Oc2ccc(F)cc2F)cc(C)[n+]1[O-]. The van der Waals surface area contributed by atoms with E-state index in [-0.39, 0.29) is 11.5 Å². The molecule has 1 heterocycles. The fraction of sp³-hybridized carbons (Fsp3) is 0.227. The monoisotopic (exact) mass is 446 g/mol. The summed E-state index contributed by atoms with van der Waals surface area (Å²) in [5, 5.41) is 11.6. The van der Waals surface area contributed by atoms with Gasteiger partial charge < -0.3 is 9.94 Å². The maximum atomic E-state index is 14.1. The number of benzene rings is 2. The van der Waals surface area contributed by atoms with Gasteiger partial charge in [-0.1, -0.05) is 0 Å². The quantitative estimate of drug-likeness (QED) is 0.444. The molecule has 0 saturated heterocycles. The zero-order chi connectivity index (χ0) is 22.3. The first-order valence-corrected chi connectivity index (χ1v) is 11.2. The van der Waals surface area contributed by atoms with Crippen molar-refractivity contribution >= 4 is 15.7 Å². The van der Waals surface area contributed by atoms with Gasteiger partial charge in [0.1, 0.15) is 11.6 Å². The topological polar surface area (TPSA) is 82.3 Å². The Bertz CT molecular complexity index is 1250. The van der Waals surface area contributed by atoms with Gasteiger partial charge >= 0.3 is 0 Å². The summed E-state index contributed by atoms with van der Waals surface area (Å²) in [5.41, 5.74) is 2.22. The lowest BCUT2D eigenvalue weighted by atomic mass is 10.0. The van der Waals surface area contributed by atoms with Crippen LogP contribution in [0.1, 0.15) is 24.2 Å². The Morgan fingerprint density at radius 1 is 1.00 bits per heavy atom. The molecule has 4 rings (SSSR count). The van der Waals surface area contributed by atoms with E-state index in [4.69, 9.17) is 4.74 Å². The van der Waals surface area contributed by atoms with Gasteiger partial charge in [0.15, 0.2) is 23.0 Å². The molecular formula is C22H20F2N2O4S. The Morgan fingerprint density at radius 3 is 2.26 bits per heavy atom. The molecule has 162 valence electrons. The summed E-state index contributed by atoms with van der Waals surface area (Å²) in [4.78, 5) is 0. The number of hydrogen-bond donors (Lipinski definition) is 1. The number of hydrogen-bond acceptors (Lipinski definition) is 4. The number of sulfonamides is 1. The minimum atomic E-state index is -3.49. The largest absolute Gasteiger partial charge is 0.618 e. The summed E-state index contributed by atoms with van der Waals surface area (Å²) in [6, 6.07) is 10.8. The minimum absolute atomic E-state index is 0.183. The van der Waals surface area contributed by atoms with Crippen LogP contribution >= 0.6 is 0 Å². The Labute approximate surface area is 178 Å². The van der Waals surface area contributed by atoms with Gasteiger partial charge in [0, 0.05) is 43.3 Å². The Kier molecular flexibility index (Phi) is 5.30. The van der Waals surface area contributed by atoms with Gasteiger partial charge in [-0.15, -0.1) is 0 Å². The molecular weight excluding hydrogens is 426 g/mol. The van der Waals surface area contributed by atoms with Crippen LogP contribution in [0.4, 0.5) is 14.5 Å². The van der Waals surface area contributed by atoms with Gasteiger partial charge in [-0.25, -0.2) is 17.2 Å². The molecule has 2 aromatic carbocycles. The van der Waals surface area contributed by atoms with Crippen LogP contribution < -0.4 is 14.2 Å². The van der Waals surface area contributed by atoms with Gasteiger partial charge in [-0.3, -0.25) is 4.72 Å². The molecule has 0 bridgehead atoms. The number of anilines is 1. The zero-order valence-corrected chi connectivity index (χ0v) is 17.7. The van der Waals surface area contributed by atoms with E-state index in [1.807, 2.05) is 0 Å². The van der Waals surface area contributed by atoms with E-state index in [0.29, 0.717) is 47.1 Å². The van der Waals surface area contributed by atoms with Crippen LogP contribution in [-0.4, -0.2) is 13.7 Å². The highest BCUT2D eigenvalue weighted by Crippen LogP contribution is 2.38. The predicted octanol–water partition coefficient (Wildman–Crippen LogP) is 4.58. The highest BCUT2D eigenvalue weighted by Gasteiger charge is 2.35. The molecule has 0 radical (unpaired) electrons. The van der Waals surface area contributed by atoms with Crippen molar-refractivity contribution < 1.29 is 26.7 Å². The third-order valence-corrected chi connectivity index (χ3v) is 6.87. The smallest absolute Gasteiger partial charge is 0.235 e. The summed E-state index contributed by atoms with van der Waals surface area (Å²) < 4.78 is 61.1. The predicted molar refractivity (Wildman–Crippen MR) is 112 cm³/mol. The lowest BCUT2D eigenvalue weighted by Gasteiger charge is -2.16. The van der Waals surface area contributed by atoms with Crippen LogP contribution in [0, 0.1) is 30.7 Å². The number of nitrogens with zero attached hydrogens (tertiary/aromatic N) is 1. The number of aryl methyl sites for hydroxylation is 2. The third kappa shape index (κ3) is 4.46. The second kappa shape index (κ2) is 7.81. The number of aromatic nitrogens is 1. The van der Waals surface area contributed by atoms with Crippen LogP contribution in [0.25, 0.3) is 11.1 Å². The van der Waals surface area contributed by atoms with Crippen LogP contribution in [0.5, 0.6) is 11.5 Å². The van der Waals surface area contributed by atoms with Gasteiger partial charge in [0.2, 0.25) is 10.0 Å². The van der Waals surface area contributed by atoms with Gasteiger partial charge in [0.25, 0.3) is 0 Å². The van der Waals surface area contributed by atoms with Crippen molar-refractivity contribution in [1.82, 2.24) is 0 Å². The summed E-state index contributed by atoms with van der Waals surface area (Å²) in [6.45, 7) is 3.28. The number of halogens is 2. The molecule has 1 saturated carbocycles. The van der Waals surface area contributed by atoms with Crippen LogP contribution in [0.3, 0.4) is 0 Å². The molecule has 1 N–H and O–H groups in total. The van der Waals surface area contributed by atoms with Crippen molar-refractivity contribution in [1.29, 1.82) is 0 Å². The molecule has 1 fully saturated rings. The third-order valence-electron chi connectivity index (χ3n) is 5.00. The molecule has 9 heteroatoms. The van der Waals surface area contributed by atoms with E-state index in [0.717, 1.165) is 10.8 Å². The number of rotatable bonds is 6. The Morgan fingerprint density at radius 2 is 1.65 bits per heavy atom. The molecule has 1 aromatic heterocycles. The Hall–Kier alpha value is -3.20. The van der Waals surface area contributed by atoms with Crippen LogP contribution in [0.2, 0.25) is 0 Å². The summed E-state index contributed by atoms with van der Waals surface area (Å²) in [6.07, 6.45) is 1.24. The van der Waals surface area contributed by atoms with Crippen LogP contribution in [0.15, 0.2) is 48.5 Å². The molecule has 1 aliphatic carbocycles. The van der Waals surface area contributed by atoms with Crippen molar-refractivity contribution in [2.24, 2.45) is 0 Å².